The van der Waals surface area contributed by atoms with E-state index in [2.05, 4.69) is 9.97 Å². The third-order valence-electron chi connectivity index (χ3n) is 2.29. The van der Waals surface area contributed by atoms with Gasteiger partial charge in [-0.15, -0.1) is 0 Å². The molecule has 1 aromatic rings. The Morgan fingerprint density at radius 2 is 2.00 bits per heavy atom. The smallest absolute Gasteiger partial charge is 0.353 e. The minimum absolute atomic E-state index is 0.0644. The van der Waals surface area contributed by atoms with E-state index < -0.39 is 17.9 Å². The third kappa shape index (κ3) is 1.86. The third-order valence-corrected chi connectivity index (χ3v) is 2.29. The number of rotatable bonds is 1. The zero-order chi connectivity index (χ0) is 11.1. The molecule has 1 aromatic heterocycles. The maximum atomic E-state index is 13.0. The summed E-state index contributed by atoms with van der Waals surface area (Å²) in [6.45, 7) is -0.477. The average molecular weight is 221 g/mol. The highest BCUT2D eigenvalue weighted by Gasteiger charge is 2.47. The lowest BCUT2D eigenvalue weighted by molar-refractivity contribution is -0.180. The fourth-order valence-electron chi connectivity index (χ4n) is 1.40. The normalized spacial score (nSPS) is 17.7. The minimum atomic E-state index is -4.21. The van der Waals surface area contributed by atoms with Crippen LogP contribution in [-0.2, 0) is 0 Å². The number of aromatic nitrogens is 2. The average Bonchev–Trinajstić information content (AvgIpc) is 2.03. The zero-order valence-corrected chi connectivity index (χ0v) is 7.50. The Labute approximate surface area is 82.7 Å². The molecule has 2 rings (SSSR count). The molecule has 1 aliphatic heterocycles. The Kier molecular flexibility index (Phi) is 2.24. The summed E-state index contributed by atoms with van der Waals surface area (Å²) in [6.07, 6.45) is -2.16. The van der Waals surface area contributed by atoms with Crippen molar-refractivity contribution in [2.75, 3.05) is 18.0 Å². The largest absolute Gasteiger partial charge is 0.395 e. The van der Waals surface area contributed by atoms with Crippen molar-refractivity contribution < 1.29 is 17.6 Å². The van der Waals surface area contributed by atoms with Crippen LogP contribution in [0.2, 0.25) is 0 Å². The van der Waals surface area contributed by atoms with Gasteiger partial charge in [0.2, 0.25) is 0 Å². The van der Waals surface area contributed by atoms with Gasteiger partial charge in [-0.05, 0) is 0 Å². The number of hydrogen-bond acceptors (Lipinski definition) is 3. The van der Waals surface area contributed by atoms with E-state index in [9.17, 15) is 17.6 Å². The predicted octanol–water partition coefficient (Wildman–Crippen LogP) is 1.61. The molecular formula is C8H7F4N3. The van der Waals surface area contributed by atoms with Gasteiger partial charge in [0.25, 0.3) is 0 Å². The van der Waals surface area contributed by atoms with E-state index in [1.54, 1.807) is 0 Å². The molecule has 7 heteroatoms. The van der Waals surface area contributed by atoms with E-state index in [0.29, 0.717) is 0 Å². The van der Waals surface area contributed by atoms with Crippen LogP contribution in [0.1, 0.15) is 0 Å². The SMILES string of the molecule is Fc1cncnc1N1CC(C(F)(F)F)C1. The zero-order valence-electron chi connectivity index (χ0n) is 7.50. The monoisotopic (exact) mass is 221 g/mol. The Morgan fingerprint density at radius 3 is 2.53 bits per heavy atom. The van der Waals surface area contributed by atoms with Gasteiger partial charge in [0.15, 0.2) is 11.6 Å². The van der Waals surface area contributed by atoms with Crippen LogP contribution >= 0.6 is 0 Å². The molecule has 0 radical (unpaired) electrons. The van der Waals surface area contributed by atoms with Gasteiger partial charge in [0.05, 0.1) is 12.1 Å². The molecule has 0 saturated carbocycles. The topological polar surface area (TPSA) is 29.0 Å². The fraction of sp³-hybridized carbons (Fsp3) is 0.500. The summed E-state index contributed by atoms with van der Waals surface area (Å²) in [5.74, 6) is -2.14. The van der Waals surface area contributed by atoms with Crippen molar-refractivity contribution in [3.8, 4) is 0 Å². The van der Waals surface area contributed by atoms with Crippen LogP contribution in [0, 0.1) is 11.7 Å². The summed E-state index contributed by atoms with van der Waals surface area (Å²) < 4.78 is 49.4. The Bertz CT molecular complexity index is 359. The summed E-state index contributed by atoms with van der Waals surface area (Å²) in [4.78, 5) is 8.25. The van der Waals surface area contributed by atoms with Crippen molar-refractivity contribution >= 4 is 5.82 Å². The molecule has 0 aromatic carbocycles. The van der Waals surface area contributed by atoms with Crippen LogP contribution < -0.4 is 4.90 Å². The number of hydrogen-bond donors (Lipinski definition) is 0. The van der Waals surface area contributed by atoms with E-state index >= 15 is 0 Å². The Hall–Kier alpha value is -1.40. The second kappa shape index (κ2) is 3.32. The lowest BCUT2D eigenvalue weighted by Gasteiger charge is -2.40. The van der Waals surface area contributed by atoms with Crippen molar-refractivity contribution in [2.45, 2.75) is 6.18 Å². The van der Waals surface area contributed by atoms with Crippen molar-refractivity contribution in [1.29, 1.82) is 0 Å². The van der Waals surface area contributed by atoms with Gasteiger partial charge >= 0.3 is 6.18 Å². The maximum absolute atomic E-state index is 13.0. The molecular weight excluding hydrogens is 214 g/mol. The molecule has 0 amide bonds. The highest BCUT2D eigenvalue weighted by molar-refractivity contribution is 5.41. The van der Waals surface area contributed by atoms with Crippen LogP contribution in [-0.4, -0.2) is 29.2 Å². The van der Waals surface area contributed by atoms with Gasteiger partial charge in [-0.3, -0.25) is 0 Å². The molecule has 0 bridgehead atoms. The summed E-state index contributed by atoms with van der Waals surface area (Å²) in [6, 6.07) is 0. The second-order valence-electron chi connectivity index (χ2n) is 3.34. The van der Waals surface area contributed by atoms with E-state index in [1.807, 2.05) is 0 Å². The van der Waals surface area contributed by atoms with Gasteiger partial charge in [0.1, 0.15) is 6.33 Å². The molecule has 0 atom stereocenters. The molecule has 2 heterocycles. The van der Waals surface area contributed by atoms with Gasteiger partial charge in [-0.1, -0.05) is 0 Å². The molecule has 1 fully saturated rings. The molecule has 82 valence electrons. The van der Waals surface area contributed by atoms with Crippen LogP contribution in [0.25, 0.3) is 0 Å². The van der Waals surface area contributed by atoms with Crippen LogP contribution in [0.5, 0.6) is 0 Å². The molecule has 0 unspecified atom stereocenters. The van der Waals surface area contributed by atoms with Gasteiger partial charge in [-0.2, -0.15) is 13.2 Å². The van der Waals surface area contributed by atoms with Gasteiger partial charge in [-0.25, -0.2) is 14.4 Å². The summed E-state index contributed by atoms with van der Waals surface area (Å²) in [7, 11) is 0. The molecule has 0 aliphatic carbocycles. The second-order valence-corrected chi connectivity index (χ2v) is 3.34. The Morgan fingerprint density at radius 1 is 1.33 bits per heavy atom. The van der Waals surface area contributed by atoms with Crippen molar-refractivity contribution in [3.05, 3.63) is 18.3 Å². The number of nitrogens with zero attached hydrogens (tertiary/aromatic N) is 3. The van der Waals surface area contributed by atoms with E-state index in [4.69, 9.17) is 0 Å². The lowest BCUT2D eigenvalue weighted by Crippen LogP contribution is -2.54. The Balaban J connectivity index is 2.04. The summed E-state index contributed by atoms with van der Waals surface area (Å²) >= 11 is 0. The van der Waals surface area contributed by atoms with E-state index in [-0.39, 0.29) is 18.9 Å². The molecule has 3 nitrogen and oxygen atoms in total. The highest BCUT2D eigenvalue weighted by atomic mass is 19.4. The first-order chi connectivity index (χ1) is 6.98. The molecule has 1 saturated heterocycles. The maximum Gasteiger partial charge on any atom is 0.395 e. The summed E-state index contributed by atoms with van der Waals surface area (Å²) in [5, 5.41) is 0. The van der Waals surface area contributed by atoms with Gasteiger partial charge < -0.3 is 4.90 Å². The summed E-state index contributed by atoms with van der Waals surface area (Å²) in [5.41, 5.74) is 0. The molecule has 0 N–H and O–H groups in total. The van der Waals surface area contributed by atoms with Crippen LogP contribution in [0.4, 0.5) is 23.4 Å². The van der Waals surface area contributed by atoms with Crippen LogP contribution in [0.15, 0.2) is 12.5 Å². The first-order valence-electron chi connectivity index (χ1n) is 4.25. The minimum Gasteiger partial charge on any atom is -0.353 e. The van der Waals surface area contributed by atoms with Crippen molar-refractivity contribution in [3.63, 3.8) is 0 Å². The van der Waals surface area contributed by atoms with Gasteiger partial charge in [0, 0.05) is 13.1 Å². The highest BCUT2D eigenvalue weighted by Crippen LogP contribution is 2.35. The molecule has 0 spiro atoms. The van der Waals surface area contributed by atoms with Crippen LogP contribution in [0.3, 0.4) is 0 Å². The first-order valence-corrected chi connectivity index (χ1v) is 4.25. The van der Waals surface area contributed by atoms with E-state index in [1.165, 1.54) is 4.90 Å². The van der Waals surface area contributed by atoms with Crippen molar-refractivity contribution in [1.82, 2.24) is 9.97 Å². The predicted molar refractivity (Wildman–Crippen MR) is 43.7 cm³/mol. The molecule has 1 aliphatic rings. The quantitative estimate of drug-likeness (QED) is 0.674. The fourth-order valence-corrected chi connectivity index (χ4v) is 1.40. The molecule has 15 heavy (non-hydrogen) atoms. The van der Waals surface area contributed by atoms with E-state index in [0.717, 1.165) is 12.5 Å². The number of anilines is 1. The van der Waals surface area contributed by atoms with Crippen molar-refractivity contribution in [2.24, 2.45) is 5.92 Å². The first kappa shape index (κ1) is 10.1. The standard InChI is InChI=1S/C8H7F4N3/c9-6-1-13-4-14-7(6)15-2-5(3-15)8(10,11)12/h1,4-5H,2-3H2. The number of alkyl halides is 3. The number of halogens is 4. The lowest BCUT2D eigenvalue weighted by atomic mass is 10.00.